The summed E-state index contributed by atoms with van der Waals surface area (Å²) in [5.74, 6) is 1.92. The van der Waals surface area contributed by atoms with Crippen molar-refractivity contribution in [3.8, 4) is 11.5 Å². The number of imidazole rings is 1. The van der Waals surface area contributed by atoms with Gasteiger partial charge in [-0.3, -0.25) is 0 Å². The lowest BCUT2D eigenvalue weighted by atomic mass is 10.2. The van der Waals surface area contributed by atoms with E-state index in [1.165, 1.54) is 0 Å². The molecule has 5 heteroatoms. The first kappa shape index (κ1) is 11.3. The molecule has 0 saturated carbocycles. The molecule has 0 atom stereocenters. The number of benzene rings is 1. The number of ether oxygens (including phenoxy) is 2. The van der Waals surface area contributed by atoms with Gasteiger partial charge in [-0.2, -0.15) is 0 Å². The summed E-state index contributed by atoms with van der Waals surface area (Å²) in [5.41, 5.74) is 6.73. The highest BCUT2D eigenvalue weighted by atomic mass is 16.5. The topological polar surface area (TPSA) is 62.3 Å². The number of anilines is 1. The lowest BCUT2D eigenvalue weighted by Crippen LogP contribution is -2.05. The van der Waals surface area contributed by atoms with Gasteiger partial charge >= 0.3 is 0 Å². The van der Waals surface area contributed by atoms with Crippen molar-refractivity contribution in [2.45, 2.75) is 6.54 Å². The second-order valence-corrected chi connectivity index (χ2v) is 3.57. The minimum Gasteiger partial charge on any atom is -0.493 e. The Morgan fingerprint density at radius 2 is 2.12 bits per heavy atom. The Balaban J connectivity index is 2.36. The van der Waals surface area contributed by atoms with Crippen molar-refractivity contribution in [1.82, 2.24) is 9.55 Å². The molecule has 90 valence electrons. The summed E-state index contributed by atoms with van der Waals surface area (Å²) in [7, 11) is 3.24. The number of para-hydroxylation sites is 1. The Labute approximate surface area is 99.8 Å². The van der Waals surface area contributed by atoms with Crippen LogP contribution in [0.5, 0.6) is 11.5 Å². The Morgan fingerprint density at radius 3 is 2.71 bits per heavy atom. The van der Waals surface area contributed by atoms with Crippen LogP contribution in [0, 0.1) is 0 Å². The standard InChI is InChI=1S/C12H15N3O2/c1-16-10-5-3-4-9(11(10)17-2)8-15-7-6-14-12(15)13/h3-7H,8H2,1-2H3,(H2,13,14). The third kappa shape index (κ3) is 2.18. The van der Waals surface area contributed by atoms with Gasteiger partial charge in [-0.05, 0) is 6.07 Å². The second kappa shape index (κ2) is 4.78. The molecule has 17 heavy (non-hydrogen) atoms. The number of hydrogen-bond acceptors (Lipinski definition) is 4. The SMILES string of the molecule is COc1cccc(Cn2ccnc2N)c1OC. The highest BCUT2D eigenvalue weighted by Crippen LogP contribution is 2.31. The van der Waals surface area contributed by atoms with E-state index in [1.807, 2.05) is 29.0 Å². The molecular formula is C12H15N3O2. The molecule has 0 amide bonds. The van der Waals surface area contributed by atoms with E-state index in [1.54, 1.807) is 20.4 Å². The van der Waals surface area contributed by atoms with Crippen LogP contribution in [-0.2, 0) is 6.54 Å². The van der Waals surface area contributed by atoms with E-state index in [9.17, 15) is 0 Å². The number of aromatic nitrogens is 2. The van der Waals surface area contributed by atoms with Gasteiger partial charge in [0.2, 0.25) is 0 Å². The minimum absolute atomic E-state index is 0.481. The second-order valence-electron chi connectivity index (χ2n) is 3.57. The highest BCUT2D eigenvalue weighted by molar-refractivity contribution is 5.47. The quantitative estimate of drug-likeness (QED) is 0.870. The molecule has 0 aliphatic carbocycles. The Bertz CT molecular complexity index is 508. The minimum atomic E-state index is 0.481. The van der Waals surface area contributed by atoms with Crippen LogP contribution in [0.25, 0.3) is 0 Å². The van der Waals surface area contributed by atoms with Crippen LogP contribution in [0.15, 0.2) is 30.6 Å². The molecule has 5 nitrogen and oxygen atoms in total. The normalized spacial score (nSPS) is 10.2. The molecule has 1 heterocycles. The smallest absolute Gasteiger partial charge is 0.200 e. The van der Waals surface area contributed by atoms with Crippen molar-refractivity contribution < 1.29 is 9.47 Å². The number of hydrogen-bond donors (Lipinski definition) is 1. The summed E-state index contributed by atoms with van der Waals surface area (Å²) in [5, 5.41) is 0. The molecule has 2 aromatic rings. The first-order valence-electron chi connectivity index (χ1n) is 5.22. The monoisotopic (exact) mass is 233 g/mol. The molecular weight excluding hydrogens is 218 g/mol. The molecule has 2 rings (SSSR count). The van der Waals surface area contributed by atoms with E-state index in [-0.39, 0.29) is 0 Å². The lowest BCUT2D eigenvalue weighted by molar-refractivity contribution is 0.351. The maximum absolute atomic E-state index is 5.73. The predicted molar refractivity (Wildman–Crippen MR) is 65.3 cm³/mol. The summed E-state index contributed by atoms with van der Waals surface area (Å²) >= 11 is 0. The fourth-order valence-corrected chi connectivity index (χ4v) is 1.74. The van der Waals surface area contributed by atoms with Crippen LogP contribution < -0.4 is 15.2 Å². The maximum atomic E-state index is 5.73. The van der Waals surface area contributed by atoms with Crippen molar-refractivity contribution >= 4 is 5.95 Å². The fourth-order valence-electron chi connectivity index (χ4n) is 1.74. The van der Waals surface area contributed by atoms with Gasteiger partial charge in [-0.25, -0.2) is 4.98 Å². The first-order chi connectivity index (χ1) is 8.26. The van der Waals surface area contributed by atoms with Crippen LogP contribution in [0.1, 0.15) is 5.56 Å². The molecule has 0 spiro atoms. The summed E-state index contributed by atoms with van der Waals surface area (Å²) in [6.45, 7) is 0.603. The summed E-state index contributed by atoms with van der Waals surface area (Å²) in [4.78, 5) is 3.98. The van der Waals surface area contributed by atoms with Gasteiger partial charge in [0, 0.05) is 18.0 Å². The third-order valence-electron chi connectivity index (χ3n) is 2.57. The summed E-state index contributed by atoms with van der Waals surface area (Å²) in [6.07, 6.45) is 3.50. The third-order valence-corrected chi connectivity index (χ3v) is 2.57. The molecule has 1 aromatic heterocycles. The maximum Gasteiger partial charge on any atom is 0.200 e. The van der Waals surface area contributed by atoms with Crippen molar-refractivity contribution in [1.29, 1.82) is 0 Å². The molecule has 2 N–H and O–H groups in total. The molecule has 0 aliphatic heterocycles. The van der Waals surface area contributed by atoms with Crippen LogP contribution in [-0.4, -0.2) is 23.8 Å². The predicted octanol–water partition coefficient (Wildman–Crippen LogP) is 1.53. The zero-order valence-electron chi connectivity index (χ0n) is 9.88. The molecule has 0 saturated heterocycles. The van der Waals surface area contributed by atoms with Gasteiger partial charge in [0.1, 0.15) is 0 Å². The van der Waals surface area contributed by atoms with Crippen molar-refractivity contribution in [3.63, 3.8) is 0 Å². The average Bonchev–Trinajstić information content (AvgIpc) is 2.74. The van der Waals surface area contributed by atoms with Crippen LogP contribution >= 0.6 is 0 Å². The number of nitrogens with two attached hydrogens (primary N) is 1. The highest BCUT2D eigenvalue weighted by Gasteiger charge is 2.10. The van der Waals surface area contributed by atoms with E-state index in [0.717, 1.165) is 11.3 Å². The van der Waals surface area contributed by atoms with Gasteiger partial charge in [0.25, 0.3) is 0 Å². The molecule has 0 bridgehead atoms. The number of rotatable bonds is 4. The van der Waals surface area contributed by atoms with E-state index < -0.39 is 0 Å². The molecule has 0 fully saturated rings. The van der Waals surface area contributed by atoms with Crippen LogP contribution in [0.4, 0.5) is 5.95 Å². The van der Waals surface area contributed by atoms with Gasteiger partial charge in [-0.15, -0.1) is 0 Å². The van der Waals surface area contributed by atoms with Gasteiger partial charge in [-0.1, -0.05) is 12.1 Å². The fraction of sp³-hybridized carbons (Fsp3) is 0.250. The number of nitrogen functional groups attached to an aromatic ring is 1. The summed E-state index contributed by atoms with van der Waals surface area (Å²) in [6, 6.07) is 5.75. The Morgan fingerprint density at radius 1 is 1.29 bits per heavy atom. The zero-order valence-corrected chi connectivity index (χ0v) is 9.88. The largest absolute Gasteiger partial charge is 0.493 e. The Hall–Kier alpha value is -2.17. The van der Waals surface area contributed by atoms with Gasteiger partial charge < -0.3 is 19.8 Å². The lowest BCUT2D eigenvalue weighted by Gasteiger charge is -2.13. The van der Waals surface area contributed by atoms with Crippen molar-refractivity contribution in [3.05, 3.63) is 36.2 Å². The van der Waals surface area contributed by atoms with Crippen LogP contribution in [0.2, 0.25) is 0 Å². The molecule has 0 radical (unpaired) electrons. The molecule has 0 aliphatic rings. The van der Waals surface area contributed by atoms with E-state index >= 15 is 0 Å². The first-order valence-corrected chi connectivity index (χ1v) is 5.22. The Kier molecular flexibility index (Phi) is 3.18. The number of nitrogens with zero attached hydrogens (tertiary/aromatic N) is 2. The van der Waals surface area contributed by atoms with Crippen molar-refractivity contribution in [2.75, 3.05) is 20.0 Å². The van der Waals surface area contributed by atoms with E-state index in [4.69, 9.17) is 15.2 Å². The van der Waals surface area contributed by atoms with Gasteiger partial charge in [0.05, 0.1) is 20.8 Å². The van der Waals surface area contributed by atoms with E-state index in [2.05, 4.69) is 4.98 Å². The number of methoxy groups -OCH3 is 2. The molecule has 0 unspecified atom stereocenters. The zero-order chi connectivity index (χ0) is 12.3. The average molecular weight is 233 g/mol. The van der Waals surface area contributed by atoms with Crippen LogP contribution in [0.3, 0.4) is 0 Å². The summed E-state index contributed by atoms with van der Waals surface area (Å²) < 4.78 is 12.4. The molecule has 1 aromatic carbocycles. The van der Waals surface area contributed by atoms with Gasteiger partial charge in [0.15, 0.2) is 17.4 Å². The van der Waals surface area contributed by atoms with E-state index in [0.29, 0.717) is 18.2 Å². The van der Waals surface area contributed by atoms with Crippen molar-refractivity contribution in [2.24, 2.45) is 0 Å².